The highest BCUT2D eigenvalue weighted by molar-refractivity contribution is 5.79. The van der Waals surface area contributed by atoms with E-state index in [1.165, 1.54) is 12.1 Å². The zero-order chi connectivity index (χ0) is 16.9. The van der Waals surface area contributed by atoms with Crippen LogP contribution in [0.5, 0.6) is 0 Å². The summed E-state index contributed by atoms with van der Waals surface area (Å²) in [4.78, 5) is 16.8. The fourth-order valence-electron chi connectivity index (χ4n) is 2.60. The molecule has 0 bridgehead atoms. The van der Waals surface area contributed by atoms with Crippen molar-refractivity contribution >= 4 is 5.91 Å². The molecule has 0 saturated carbocycles. The first-order valence-corrected chi connectivity index (χ1v) is 7.69. The number of hydrogen-bond acceptors (Lipinski definition) is 2. The van der Waals surface area contributed by atoms with Gasteiger partial charge in [0.15, 0.2) is 0 Å². The zero-order valence-corrected chi connectivity index (χ0v) is 13.3. The van der Waals surface area contributed by atoms with Gasteiger partial charge in [-0.2, -0.15) is 0 Å². The fraction of sp³-hybridized carbons (Fsp3) is 0.158. The first kappa shape index (κ1) is 15.9. The number of amides is 1. The Hall–Kier alpha value is -2.95. The van der Waals surface area contributed by atoms with Crippen LogP contribution in [0.15, 0.2) is 67.0 Å². The van der Waals surface area contributed by atoms with E-state index in [-0.39, 0.29) is 18.1 Å². The molecule has 0 fully saturated rings. The van der Waals surface area contributed by atoms with Crippen LogP contribution < -0.4 is 5.32 Å². The van der Waals surface area contributed by atoms with Crippen molar-refractivity contribution in [2.24, 2.45) is 7.05 Å². The molecule has 0 aliphatic rings. The minimum atomic E-state index is -0.429. The SMILES string of the molecule is Cn1ccnc1[C@@H](NC(=O)Cc1ccccc1)c1ccc(F)cc1. The lowest BCUT2D eigenvalue weighted by molar-refractivity contribution is -0.121. The van der Waals surface area contributed by atoms with Gasteiger partial charge in [-0.3, -0.25) is 4.79 Å². The molecule has 0 spiro atoms. The van der Waals surface area contributed by atoms with E-state index in [0.717, 1.165) is 11.1 Å². The Kier molecular flexibility index (Phi) is 4.70. The number of hydrogen-bond donors (Lipinski definition) is 1. The Morgan fingerprint density at radius 2 is 1.88 bits per heavy atom. The third-order valence-corrected chi connectivity index (χ3v) is 3.83. The lowest BCUT2D eigenvalue weighted by atomic mass is 10.0. The van der Waals surface area contributed by atoms with E-state index in [1.807, 2.05) is 48.1 Å². The molecule has 0 radical (unpaired) electrons. The lowest BCUT2D eigenvalue weighted by Crippen LogP contribution is -2.32. The number of aryl methyl sites for hydroxylation is 1. The lowest BCUT2D eigenvalue weighted by Gasteiger charge is -2.19. The molecular weight excluding hydrogens is 305 g/mol. The summed E-state index contributed by atoms with van der Waals surface area (Å²) in [6.07, 6.45) is 3.77. The van der Waals surface area contributed by atoms with Gasteiger partial charge in [-0.15, -0.1) is 0 Å². The van der Waals surface area contributed by atoms with Gasteiger partial charge in [-0.25, -0.2) is 9.37 Å². The second-order valence-electron chi connectivity index (χ2n) is 5.61. The molecule has 1 aromatic heterocycles. The van der Waals surface area contributed by atoms with Crippen molar-refractivity contribution < 1.29 is 9.18 Å². The Labute approximate surface area is 140 Å². The molecule has 1 atom stereocenters. The highest BCUT2D eigenvalue weighted by atomic mass is 19.1. The topological polar surface area (TPSA) is 46.9 Å². The predicted octanol–water partition coefficient (Wildman–Crippen LogP) is 3.01. The maximum Gasteiger partial charge on any atom is 0.225 e. The second-order valence-corrected chi connectivity index (χ2v) is 5.61. The highest BCUT2D eigenvalue weighted by Crippen LogP contribution is 2.21. The van der Waals surface area contributed by atoms with Gasteiger partial charge in [0.05, 0.1) is 6.42 Å². The first-order chi connectivity index (χ1) is 11.6. The first-order valence-electron chi connectivity index (χ1n) is 7.69. The summed E-state index contributed by atoms with van der Waals surface area (Å²) in [5.41, 5.74) is 1.72. The maximum absolute atomic E-state index is 13.2. The Balaban J connectivity index is 1.84. The van der Waals surface area contributed by atoms with Gasteiger partial charge in [0.2, 0.25) is 5.91 Å². The van der Waals surface area contributed by atoms with Crippen molar-refractivity contribution in [3.05, 3.63) is 89.8 Å². The molecule has 4 nitrogen and oxygen atoms in total. The molecule has 2 aromatic carbocycles. The van der Waals surface area contributed by atoms with Crippen LogP contribution in [0.4, 0.5) is 4.39 Å². The average Bonchev–Trinajstić information content (AvgIpc) is 3.00. The molecule has 24 heavy (non-hydrogen) atoms. The monoisotopic (exact) mass is 323 g/mol. The Bertz CT molecular complexity index is 812. The van der Waals surface area contributed by atoms with Crippen LogP contribution in [0.25, 0.3) is 0 Å². The van der Waals surface area contributed by atoms with Crippen LogP contribution in [-0.2, 0) is 18.3 Å². The molecule has 122 valence electrons. The molecule has 0 unspecified atom stereocenters. The van der Waals surface area contributed by atoms with Crippen LogP contribution in [0.1, 0.15) is 23.0 Å². The molecule has 0 saturated heterocycles. The van der Waals surface area contributed by atoms with Crippen LogP contribution in [0.2, 0.25) is 0 Å². The number of aromatic nitrogens is 2. The van der Waals surface area contributed by atoms with Gasteiger partial charge in [0.1, 0.15) is 17.7 Å². The van der Waals surface area contributed by atoms with Crippen LogP contribution in [0, 0.1) is 5.82 Å². The number of carbonyl (C=O) groups excluding carboxylic acids is 1. The quantitative estimate of drug-likeness (QED) is 0.784. The molecule has 0 aliphatic heterocycles. The van der Waals surface area contributed by atoms with Gasteiger partial charge >= 0.3 is 0 Å². The third-order valence-electron chi connectivity index (χ3n) is 3.83. The molecule has 3 aromatic rings. The number of carbonyl (C=O) groups is 1. The Morgan fingerprint density at radius 1 is 1.17 bits per heavy atom. The standard InChI is InChI=1S/C19H18FN3O/c1-23-12-11-21-19(23)18(15-7-9-16(20)10-8-15)22-17(24)13-14-5-3-2-4-6-14/h2-12,18H,13H2,1H3,(H,22,24)/t18-/m0/s1. The van der Waals surface area contributed by atoms with E-state index in [2.05, 4.69) is 10.3 Å². The van der Waals surface area contributed by atoms with Gasteiger partial charge in [-0.05, 0) is 23.3 Å². The number of nitrogens with one attached hydrogen (secondary N) is 1. The van der Waals surface area contributed by atoms with E-state index in [4.69, 9.17) is 0 Å². The summed E-state index contributed by atoms with van der Waals surface area (Å²) in [5.74, 6) is 0.273. The molecule has 1 amide bonds. The summed E-state index contributed by atoms with van der Waals surface area (Å²) >= 11 is 0. The van der Waals surface area contributed by atoms with E-state index >= 15 is 0 Å². The van der Waals surface area contributed by atoms with E-state index in [9.17, 15) is 9.18 Å². The smallest absolute Gasteiger partial charge is 0.225 e. The van der Waals surface area contributed by atoms with Crippen molar-refractivity contribution in [2.75, 3.05) is 0 Å². The molecule has 0 aliphatic carbocycles. The number of imidazole rings is 1. The van der Waals surface area contributed by atoms with Gasteiger partial charge in [0, 0.05) is 19.4 Å². The second kappa shape index (κ2) is 7.08. The average molecular weight is 323 g/mol. The largest absolute Gasteiger partial charge is 0.342 e. The number of rotatable bonds is 5. The van der Waals surface area contributed by atoms with Crippen molar-refractivity contribution in [2.45, 2.75) is 12.5 Å². The van der Waals surface area contributed by atoms with Crippen molar-refractivity contribution in [3.8, 4) is 0 Å². The number of nitrogens with zero attached hydrogens (tertiary/aromatic N) is 2. The van der Waals surface area contributed by atoms with Crippen LogP contribution in [0.3, 0.4) is 0 Å². The van der Waals surface area contributed by atoms with E-state index in [1.54, 1.807) is 18.3 Å². The van der Waals surface area contributed by atoms with Crippen LogP contribution in [-0.4, -0.2) is 15.5 Å². The van der Waals surface area contributed by atoms with Gasteiger partial charge in [-0.1, -0.05) is 42.5 Å². The fourth-order valence-corrected chi connectivity index (χ4v) is 2.60. The molecule has 5 heteroatoms. The maximum atomic E-state index is 13.2. The zero-order valence-electron chi connectivity index (χ0n) is 13.3. The summed E-state index contributed by atoms with van der Waals surface area (Å²) < 4.78 is 15.1. The summed E-state index contributed by atoms with van der Waals surface area (Å²) in [7, 11) is 1.86. The highest BCUT2D eigenvalue weighted by Gasteiger charge is 2.20. The summed E-state index contributed by atoms with van der Waals surface area (Å²) in [6, 6.07) is 15.2. The van der Waals surface area contributed by atoms with Gasteiger partial charge in [0.25, 0.3) is 0 Å². The van der Waals surface area contributed by atoms with E-state index < -0.39 is 6.04 Å². The van der Waals surface area contributed by atoms with Crippen LogP contribution >= 0.6 is 0 Å². The summed E-state index contributed by atoms with van der Waals surface area (Å²) in [5, 5.41) is 3.00. The van der Waals surface area contributed by atoms with Crippen molar-refractivity contribution in [3.63, 3.8) is 0 Å². The van der Waals surface area contributed by atoms with E-state index in [0.29, 0.717) is 5.82 Å². The predicted molar refractivity (Wildman–Crippen MR) is 89.7 cm³/mol. The van der Waals surface area contributed by atoms with Crippen molar-refractivity contribution in [1.82, 2.24) is 14.9 Å². The molecule has 1 heterocycles. The third kappa shape index (κ3) is 3.68. The number of halogens is 1. The molecule has 1 N–H and O–H groups in total. The Morgan fingerprint density at radius 3 is 2.50 bits per heavy atom. The minimum Gasteiger partial charge on any atom is -0.342 e. The summed E-state index contributed by atoms with van der Waals surface area (Å²) in [6.45, 7) is 0. The van der Waals surface area contributed by atoms with Gasteiger partial charge < -0.3 is 9.88 Å². The minimum absolute atomic E-state index is 0.112. The number of benzene rings is 2. The molecular formula is C19H18FN3O. The normalized spacial score (nSPS) is 11.9. The van der Waals surface area contributed by atoms with Crippen molar-refractivity contribution in [1.29, 1.82) is 0 Å². The molecule has 3 rings (SSSR count).